The molecule has 0 radical (unpaired) electrons. The first-order chi connectivity index (χ1) is 9.66. The third kappa shape index (κ3) is 4.74. The Morgan fingerprint density at radius 1 is 1.24 bits per heavy atom. The van der Waals surface area contributed by atoms with E-state index < -0.39 is 16.1 Å². The summed E-state index contributed by atoms with van der Waals surface area (Å²) in [4.78, 5) is 12.2. The van der Waals surface area contributed by atoms with Crippen molar-refractivity contribution in [1.29, 1.82) is 0 Å². The van der Waals surface area contributed by atoms with Crippen LogP contribution in [-0.2, 0) is 14.8 Å². The second-order valence-corrected chi connectivity index (χ2v) is 7.25. The van der Waals surface area contributed by atoms with Crippen LogP contribution in [0.1, 0.15) is 32.8 Å². The van der Waals surface area contributed by atoms with Gasteiger partial charge >= 0.3 is 0 Å². The van der Waals surface area contributed by atoms with Gasteiger partial charge in [0.1, 0.15) is 6.04 Å². The van der Waals surface area contributed by atoms with Crippen molar-refractivity contribution in [2.45, 2.75) is 46.2 Å². The summed E-state index contributed by atoms with van der Waals surface area (Å²) in [5.41, 5.74) is 1.53. The zero-order chi connectivity index (χ0) is 16.2. The van der Waals surface area contributed by atoms with Crippen LogP contribution < -0.4 is 9.62 Å². The molecule has 21 heavy (non-hydrogen) atoms. The van der Waals surface area contributed by atoms with E-state index in [1.807, 2.05) is 32.9 Å². The molecular weight excluding hydrogens is 288 g/mol. The third-order valence-corrected chi connectivity index (χ3v) is 4.62. The quantitative estimate of drug-likeness (QED) is 0.874. The molecule has 0 saturated carbocycles. The normalized spacial score (nSPS) is 14.3. The molecule has 1 rings (SSSR count). The number of aryl methyl sites for hydroxylation is 1. The molecule has 1 aromatic carbocycles. The fourth-order valence-corrected chi connectivity index (χ4v) is 3.14. The molecule has 0 aliphatic heterocycles. The first kappa shape index (κ1) is 17.5. The van der Waals surface area contributed by atoms with Gasteiger partial charge in [0.25, 0.3) is 0 Å². The number of nitrogens with zero attached hydrogens (tertiary/aromatic N) is 1. The third-order valence-electron chi connectivity index (χ3n) is 3.38. The van der Waals surface area contributed by atoms with Crippen molar-refractivity contribution < 1.29 is 13.2 Å². The number of benzene rings is 1. The molecule has 6 heteroatoms. The van der Waals surface area contributed by atoms with Gasteiger partial charge in [-0.05, 0) is 39.3 Å². The van der Waals surface area contributed by atoms with Gasteiger partial charge in [-0.1, -0.05) is 24.6 Å². The highest BCUT2D eigenvalue weighted by molar-refractivity contribution is 7.92. The van der Waals surface area contributed by atoms with Gasteiger partial charge < -0.3 is 5.32 Å². The smallest absolute Gasteiger partial charge is 0.243 e. The summed E-state index contributed by atoms with van der Waals surface area (Å²) < 4.78 is 25.3. The number of hydrogen-bond donors (Lipinski definition) is 1. The number of anilines is 1. The van der Waals surface area contributed by atoms with Crippen molar-refractivity contribution in [3.8, 4) is 0 Å². The summed E-state index contributed by atoms with van der Waals surface area (Å²) in [6, 6.07) is 6.29. The van der Waals surface area contributed by atoms with Crippen LogP contribution in [0.4, 0.5) is 5.69 Å². The van der Waals surface area contributed by atoms with Gasteiger partial charge in [-0.25, -0.2) is 8.42 Å². The molecule has 0 unspecified atom stereocenters. The van der Waals surface area contributed by atoms with Crippen LogP contribution >= 0.6 is 0 Å². The lowest BCUT2D eigenvalue weighted by atomic mass is 10.2. The molecular formula is C15H24N2O3S. The molecule has 1 aromatic rings. The number of amides is 1. The Bertz CT molecular complexity index is 581. The largest absolute Gasteiger partial charge is 0.352 e. The molecule has 2 atom stereocenters. The predicted octanol–water partition coefficient (Wildman–Crippen LogP) is 2.06. The Hall–Kier alpha value is -1.56. The van der Waals surface area contributed by atoms with Gasteiger partial charge in [-0.3, -0.25) is 9.10 Å². The van der Waals surface area contributed by atoms with Crippen molar-refractivity contribution in [2.24, 2.45) is 0 Å². The van der Waals surface area contributed by atoms with E-state index in [1.54, 1.807) is 19.1 Å². The van der Waals surface area contributed by atoms with E-state index in [-0.39, 0.29) is 11.9 Å². The van der Waals surface area contributed by atoms with Gasteiger partial charge in [0.2, 0.25) is 15.9 Å². The van der Waals surface area contributed by atoms with Crippen molar-refractivity contribution >= 4 is 21.6 Å². The Balaban J connectivity index is 3.09. The number of sulfonamides is 1. The van der Waals surface area contributed by atoms with E-state index >= 15 is 0 Å². The van der Waals surface area contributed by atoms with E-state index in [0.717, 1.165) is 22.5 Å². The Kier molecular flexibility index (Phi) is 5.78. The van der Waals surface area contributed by atoms with Crippen LogP contribution in [0, 0.1) is 6.92 Å². The minimum atomic E-state index is -3.55. The summed E-state index contributed by atoms with van der Waals surface area (Å²) in [6.45, 7) is 7.37. The van der Waals surface area contributed by atoms with Crippen molar-refractivity contribution in [3.63, 3.8) is 0 Å². The first-order valence-corrected chi connectivity index (χ1v) is 8.88. The Labute approximate surface area is 127 Å². The molecule has 5 nitrogen and oxygen atoms in total. The lowest BCUT2D eigenvalue weighted by molar-refractivity contribution is -0.122. The highest BCUT2D eigenvalue weighted by Crippen LogP contribution is 2.21. The predicted molar refractivity (Wildman–Crippen MR) is 85.9 cm³/mol. The zero-order valence-corrected chi connectivity index (χ0v) is 14.1. The number of hydrogen-bond acceptors (Lipinski definition) is 3. The fraction of sp³-hybridized carbons (Fsp3) is 0.533. The molecule has 0 fully saturated rings. The van der Waals surface area contributed by atoms with Crippen molar-refractivity contribution in [2.75, 3.05) is 10.6 Å². The molecule has 1 amide bonds. The number of carbonyl (C=O) groups is 1. The van der Waals surface area contributed by atoms with Gasteiger partial charge in [0.15, 0.2) is 0 Å². The second kappa shape index (κ2) is 6.93. The van der Waals surface area contributed by atoms with Gasteiger partial charge in [-0.2, -0.15) is 0 Å². The molecule has 0 aliphatic carbocycles. The maximum atomic E-state index is 12.2. The average molecular weight is 312 g/mol. The highest BCUT2D eigenvalue weighted by atomic mass is 32.2. The van der Waals surface area contributed by atoms with Crippen LogP contribution in [0.15, 0.2) is 24.3 Å². The minimum Gasteiger partial charge on any atom is -0.352 e. The van der Waals surface area contributed by atoms with E-state index in [4.69, 9.17) is 0 Å². The van der Waals surface area contributed by atoms with E-state index in [1.165, 1.54) is 0 Å². The Morgan fingerprint density at radius 3 is 2.19 bits per heavy atom. The van der Waals surface area contributed by atoms with E-state index in [0.29, 0.717) is 5.69 Å². The van der Waals surface area contributed by atoms with Crippen LogP contribution in [0.25, 0.3) is 0 Å². The molecule has 0 aromatic heterocycles. The number of carbonyl (C=O) groups excluding carboxylic acids is 1. The SMILES string of the molecule is CC[C@H](C)NC(=O)[C@H](C)N(c1ccc(C)cc1)S(C)(=O)=O. The summed E-state index contributed by atoms with van der Waals surface area (Å²) in [5.74, 6) is -0.296. The number of rotatable bonds is 6. The Morgan fingerprint density at radius 2 is 1.76 bits per heavy atom. The second-order valence-electron chi connectivity index (χ2n) is 5.39. The van der Waals surface area contributed by atoms with E-state index in [9.17, 15) is 13.2 Å². The fourth-order valence-electron chi connectivity index (χ4n) is 1.97. The molecule has 0 heterocycles. The summed E-state index contributed by atoms with van der Waals surface area (Å²) in [6.07, 6.45) is 1.90. The molecule has 0 aliphatic rings. The molecule has 0 spiro atoms. The standard InChI is InChI=1S/C15H24N2O3S/c1-6-12(3)16-15(18)13(4)17(21(5,19)20)14-9-7-11(2)8-10-14/h7-10,12-13H,6H2,1-5H3,(H,16,18)/t12-,13-/m0/s1. The van der Waals surface area contributed by atoms with Gasteiger partial charge in [0.05, 0.1) is 11.9 Å². The van der Waals surface area contributed by atoms with Gasteiger partial charge in [0, 0.05) is 6.04 Å². The number of nitrogens with one attached hydrogen (secondary N) is 1. The van der Waals surface area contributed by atoms with Crippen LogP contribution in [-0.4, -0.2) is 32.7 Å². The summed E-state index contributed by atoms with van der Waals surface area (Å²) in [5, 5.41) is 2.82. The monoisotopic (exact) mass is 312 g/mol. The van der Waals surface area contributed by atoms with Crippen LogP contribution in [0.5, 0.6) is 0 Å². The van der Waals surface area contributed by atoms with Gasteiger partial charge in [-0.15, -0.1) is 0 Å². The lowest BCUT2D eigenvalue weighted by Gasteiger charge is -2.29. The molecule has 0 bridgehead atoms. The zero-order valence-electron chi connectivity index (χ0n) is 13.3. The topological polar surface area (TPSA) is 66.5 Å². The minimum absolute atomic E-state index is 0.0133. The molecule has 0 saturated heterocycles. The average Bonchev–Trinajstić information content (AvgIpc) is 2.39. The molecule has 1 N–H and O–H groups in total. The van der Waals surface area contributed by atoms with Crippen LogP contribution in [0.2, 0.25) is 0 Å². The lowest BCUT2D eigenvalue weighted by Crippen LogP contribution is -2.49. The van der Waals surface area contributed by atoms with Crippen molar-refractivity contribution in [3.05, 3.63) is 29.8 Å². The first-order valence-electron chi connectivity index (χ1n) is 7.03. The van der Waals surface area contributed by atoms with E-state index in [2.05, 4.69) is 5.32 Å². The summed E-state index contributed by atoms with van der Waals surface area (Å²) in [7, 11) is -3.55. The maximum Gasteiger partial charge on any atom is 0.243 e. The molecule has 118 valence electrons. The summed E-state index contributed by atoms with van der Waals surface area (Å²) >= 11 is 0. The van der Waals surface area contributed by atoms with Crippen molar-refractivity contribution in [1.82, 2.24) is 5.32 Å². The maximum absolute atomic E-state index is 12.2. The van der Waals surface area contributed by atoms with Crippen LogP contribution in [0.3, 0.4) is 0 Å². The highest BCUT2D eigenvalue weighted by Gasteiger charge is 2.29.